The Morgan fingerprint density at radius 3 is 2.62 bits per heavy atom. The fraction of sp³-hybridized carbons (Fsp3) is 1.00. The van der Waals surface area contributed by atoms with E-state index in [1.165, 1.54) is 64.2 Å². The molecule has 4 unspecified atom stereocenters. The van der Waals surface area contributed by atoms with E-state index in [2.05, 4.69) is 30.3 Å². The lowest BCUT2D eigenvalue weighted by Gasteiger charge is -2.59. The van der Waals surface area contributed by atoms with E-state index >= 15 is 0 Å². The summed E-state index contributed by atoms with van der Waals surface area (Å²) < 4.78 is 6.09. The third-order valence-electron chi connectivity index (χ3n) is 6.33. The SMILES string of the molecule is CCOC1CC(NC2CCCC(SC)C2)C12CCCCC2. The highest BCUT2D eigenvalue weighted by Crippen LogP contribution is 2.53. The van der Waals surface area contributed by atoms with Gasteiger partial charge in [0, 0.05) is 29.4 Å². The first kappa shape index (κ1) is 16.1. The molecule has 3 rings (SSSR count). The molecule has 0 aromatic rings. The minimum absolute atomic E-state index is 0.487. The third kappa shape index (κ3) is 3.30. The van der Waals surface area contributed by atoms with Gasteiger partial charge in [-0.05, 0) is 51.7 Å². The second kappa shape index (κ2) is 7.23. The first-order valence-corrected chi connectivity index (χ1v) is 10.5. The van der Waals surface area contributed by atoms with E-state index in [4.69, 9.17) is 4.74 Å². The fourth-order valence-corrected chi connectivity index (χ4v) is 5.92. The number of hydrogen-bond acceptors (Lipinski definition) is 3. The first-order chi connectivity index (χ1) is 10.3. The van der Waals surface area contributed by atoms with Gasteiger partial charge in [0.05, 0.1) is 6.10 Å². The molecule has 0 aromatic carbocycles. The summed E-state index contributed by atoms with van der Waals surface area (Å²) in [6, 6.07) is 1.50. The van der Waals surface area contributed by atoms with Gasteiger partial charge in [0.25, 0.3) is 0 Å². The van der Waals surface area contributed by atoms with E-state index in [0.717, 1.165) is 23.9 Å². The van der Waals surface area contributed by atoms with Crippen molar-refractivity contribution >= 4 is 11.8 Å². The second-order valence-corrected chi connectivity index (χ2v) is 8.55. The molecule has 1 N–H and O–H groups in total. The number of ether oxygens (including phenoxy) is 1. The topological polar surface area (TPSA) is 21.3 Å². The first-order valence-electron chi connectivity index (χ1n) is 9.19. The van der Waals surface area contributed by atoms with Gasteiger partial charge in [0.2, 0.25) is 0 Å². The Kier molecular flexibility index (Phi) is 5.55. The second-order valence-electron chi connectivity index (χ2n) is 7.41. The summed E-state index contributed by atoms with van der Waals surface area (Å²) in [6.45, 7) is 3.04. The molecule has 122 valence electrons. The van der Waals surface area contributed by atoms with Crippen molar-refractivity contribution in [3.05, 3.63) is 0 Å². The third-order valence-corrected chi connectivity index (χ3v) is 7.43. The largest absolute Gasteiger partial charge is 0.378 e. The summed E-state index contributed by atoms with van der Waals surface area (Å²) in [5.74, 6) is 0. The molecule has 0 bridgehead atoms. The Labute approximate surface area is 135 Å². The highest BCUT2D eigenvalue weighted by Gasteiger charge is 2.55. The smallest absolute Gasteiger partial charge is 0.0661 e. The van der Waals surface area contributed by atoms with Crippen LogP contribution in [0, 0.1) is 5.41 Å². The van der Waals surface area contributed by atoms with Crippen LogP contribution >= 0.6 is 11.8 Å². The van der Waals surface area contributed by atoms with Gasteiger partial charge < -0.3 is 10.1 Å². The standard InChI is InChI=1S/C18H33NOS/c1-3-20-17-13-16(18(17)10-5-4-6-11-18)19-14-8-7-9-15(12-14)21-2/h14-17,19H,3-13H2,1-2H3. The molecule has 0 radical (unpaired) electrons. The Morgan fingerprint density at radius 1 is 1.10 bits per heavy atom. The van der Waals surface area contributed by atoms with Gasteiger partial charge >= 0.3 is 0 Å². The van der Waals surface area contributed by atoms with Crippen LogP contribution < -0.4 is 5.32 Å². The van der Waals surface area contributed by atoms with Crippen molar-refractivity contribution in [1.29, 1.82) is 0 Å². The van der Waals surface area contributed by atoms with Crippen LogP contribution in [0.5, 0.6) is 0 Å². The molecule has 3 fully saturated rings. The Hall–Kier alpha value is 0.270. The maximum atomic E-state index is 6.09. The summed E-state index contributed by atoms with van der Waals surface area (Å²) in [4.78, 5) is 0. The van der Waals surface area contributed by atoms with E-state index in [9.17, 15) is 0 Å². The highest BCUT2D eigenvalue weighted by molar-refractivity contribution is 7.99. The van der Waals surface area contributed by atoms with Crippen LogP contribution in [0.25, 0.3) is 0 Å². The van der Waals surface area contributed by atoms with Crippen molar-refractivity contribution in [2.24, 2.45) is 5.41 Å². The molecule has 0 amide bonds. The number of thioether (sulfide) groups is 1. The molecule has 0 saturated heterocycles. The van der Waals surface area contributed by atoms with E-state index in [0.29, 0.717) is 11.5 Å². The minimum Gasteiger partial charge on any atom is -0.378 e. The van der Waals surface area contributed by atoms with Gasteiger partial charge in [-0.15, -0.1) is 0 Å². The molecule has 0 heterocycles. The number of nitrogens with one attached hydrogen (secondary N) is 1. The van der Waals surface area contributed by atoms with Crippen LogP contribution in [0.1, 0.15) is 71.1 Å². The van der Waals surface area contributed by atoms with Crippen LogP contribution in [-0.2, 0) is 4.74 Å². The molecule has 4 atom stereocenters. The predicted molar refractivity (Wildman–Crippen MR) is 92.0 cm³/mol. The normalized spacial score (nSPS) is 39.1. The van der Waals surface area contributed by atoms with E-state index in [1.807, 2.05) is 0 Å². The minimum atomic E-state index is 0.487. The fourth-order valence-electron chi connectivity index (χ4n) is 5.09. The number of hydrogen-bond donors (Lipinski definition) is 1. The van der Waals surface area contributed by atoms with Crippen LogP contribution in [0.4, 0.5) is 0 Å². The number of rotatable bonds is 5. The Balaban J connectivity index is 1.59. The molecule has 2 nitrogen and oxygen atoms in total. The quantitative estimate of drug-likeness (QED) is 0.814. The molecule has 3 heteroatoms. The van der Waals surface area contributed by atoms with Crippen LogP contribution in [0.2, 0.25) is 0 Å². The molecule has 21 heavy (non-hydrogen) atoms. The highest BCUT2D eigenvalue weighted by atomic mass is 32.2. The molecule has 1 spiro atoms. The molecule has 3 saturated carbocycles. The lowest BCUT2D eigenvalue weighted by atomic mass is 9.55. The molecule has 0 aliphatic heterocycles. The maximum Gasteiger partial charge on any atom is 0.0661 e. The van der Waals surface area contributed by atoms with E-state index in [1.54, 1.807) is 0 Å². The average Bonchev–Trinajstić information content (AvgIpc) is 2.55. The molecule has 0 aromatic heterocycles. The van der Waals surface area contributed by atoms with Gasteiger partial charge in [0.15, 0.2) is 0 Å². The van der Waals surface area contributed by atoms with Gasteiger partial charge in [0.1, 0.15) is 0 Å². The van der Waals surface area contributed by atoms with Gasteiger partial charge in [-0.2, -0.15) is 11.8 Å². The van der Waals surface area contributed by atoms with Crippen molar-refractivity contribution in [2.45, 2.75) is 94.6 Å². The van der Waals surface area contributed by atoms with E-state index in [-0.39, 0.29) is 0 Å². The van der Waals surface area contributed by atoms with Crippen molar-refractivity contribution in [1.82, 2.24) is 5.32 Å². The lowest BCUT2D eigenvalue weighted by molar-refractivity contribution is -0.152. The maximum absolute atomic E-state index is 6.09. The van der Waals surface area contributed by atoms with Gasteiger partial charge in [-0.3, -0.25) is 0 Å². The van der Waals surface area contributed by atoms with Crippen LogP contribution in [-0.4, -0.2) is 36.3 Å². The van der Waals surface area contributed by atoms with Crippen molar-refractivity contribution in [3.63, 3.8) is 0 Å². The predicted octanol–water partition coefficient (Wildman–Crippen LogP) is 4.38. The monoisotopic (exact) mass is 311 g/mol. The summed E-state index contributed by atoms with van der Waals surface area (Å²) in [7, 11) is 0. The van der Waals surface area contributed by atoms with Crippen LogP contribution in [0.15, 0.2) is 0 Å². The average molecular weight is 312 g/mol. The van der Waals surface area contributed by atoms with Crippen molar-refractivity contribution < 1.29 is 4.74 Å². The summed E-state index contributed by atoms with van der Waals surface area (Å²) in [5.41, 5.74) is 0.487. The zero-order chi connectivity index (χ0) is 14.7. The van der Waals surface area contributed by atoms with Crippen molar-refractivity contribution in [2.75, 3.05) is 12.9 Å². The Bertz CT molecular complexity index is 329. The summed E-state index contributed by atoms with van der Waals surface area (Å²) >= 11 is 2.07. The summed E-state index contributed by atoms with van der Waals surface area (Å²) in [6.07, 6.45) is 16.8. The van der Waals surface area contributed by atoms with Gasteiger partial charge in [-0.1, -0.05) is 25.7 Å². The zero-order valence-corrected chi connectivity index (χ0v) is 14.7. The van der Waals surface area contributed by atoms with Crippen LogP contribution in [0.3, 0.4) is 0 Å². The molecule has 3 aliphatic rings. The molecular formula is C18H33NOS. The molecule has 3 aliphatic carbocycles. The zero-order valence-electron chi connectivity index (χ0n) is 13.9. The van der Waals surface area contributed by atoms with Gasteiger partial charge in [-0.25, -0.2) is 0 Å². The molecular weight excluding hydrogens is 278 g/mol. The lowest BCUT2D eigenvalue weighted by Crippen LogP contribution is -2.66. The van der Waals surface area contributed by atoms with Crippen molar-refractivity contribution in [3.8, 4) is 0 Å². The summed E-state index contributed by atoms with van der Waals surface area (Å²) in [5, 5.41) is 4.97. The van der Waals surface area contributed by atoms with E-state index < -0.39 is 0 Å². The Morgan fingerprint density at radius 2 is 1.90 bits per heavy atom.